The van der Waals surface area contributed by atoms with Crippen molar-refractivity contribution < 1.29 is 0 Å². The number of nitrogens with zero attached hydrogens (tertiary/aromatic N) is 1. The van der Waals surface area contributed by atoms with E-state index in [0.717, 1.165) is 5.71 Å². The summed E-state index contributed by atoms with van der Waals surface area (Å²) in [4.78, 5) is 0. The van der Waals surface area contributed by atoms with E-state index < -0.39 is 0 Å². The van der Waals surface area contributed by atoms with Crippen molar-refractivity contribution in [2.24, 2.45) is 4.40 Å². The number of rotatable bonds is 2. The van der Waals surface area contributed by atoms with Crippen molar-refractivity contribution in [2.75, 3.05) is 6.26 Å². The Bertz CT molecular complexity index is 87.6. The molecule has 2 heteroatoms. The molecule has 0 aliphatic carbocycles. The molecule has 0 heterocycles. The Kier molecular flexibility index (Phi) is 34.9. The summed E-state index contributed by atoms with van der Waals surface area (Å²) in [6.45, 7) is 13.5. The topological polar surface area (TPSA) is 12.4 Å². The maximum absolute atomic E-state index is 3.96. The fourth-order valence-corrected chi connectivity index (χ4v) is 0.544. The largest absolute Gasteiger partial charge is 0.222 e. The third-order valence-corrected chi connectivity index (χ3v) is 1.00. The fraction of sp³-hybridized carbons (Fsp3) is 0.667. The van der Waals surface area contributed by atoms with Crippen LogP contribution in [-0.4, -0.2) is 12.0 Å². The van der Waals surface area contributed by atoms with E-state index in [0.29, 0.717) is 0 Å². The molecule has 0 aromatic heterocycles. The van der Waals surface area contributed by atoms with E-state index in [9.17, 15) is 0 Å². The third-order valence-electron chi connectivity index (χ3n) is 0.531. The number of hydrogen-bond acceptors (Lipinski definition) is 2. The minimum atomic E-state index is 0.979. The molecule has 0 amide bonds. The van der Waals surface area contributed by atoms with Crippen LogP contribution in [0.4, 0.5) is 0 Å². The van der Waals surface area contributed by atoms with Crippen LogP contribution in [0.2, 0.25) is 0 Å². The standard InChI is InChI=1S/C5H9NS.2C2H6/c1-4-5(2)6-7-3;2*1-2/h4H,1H2,2-3H3;2*1-2H3/b6-5-;;. The second-order valence-corrected chi connectivity index (χ2v) is 1.67. The van der Waals surface area contributed by atoms with E-state index in [1.165, 1.54) is 11.9 Å². The van der Waals surface area contributed by atoms with Crippen molar-refractivity contribution in [1.82, 2.24) is 0 Å². The van der Waals surface area contributed by atoms with Crippen LogP contribution in [0, 0.1) is 0 Å². The van der Waals surface area contributed by atoms with Gasteiger partial charge in [-0.2, -0.15) is 0 Å². The highest BCUT2D eigenvalue weighted by Crippen LogP contribution is 1.93. The van der Waals surface area contributed by atoms with E-state index in [-0.39, 0.29) is 0 Å². The monoisotopic (exact) mass is 175 g/mol. The second kappa shape index (κ2) is 22.6. The quantitative estimate of drug-likeness (QED) is 0.457. The van der Waals surface area contributed by atoms with Crippen LogP contribution in [0.15, 0.2) is 17.1 Å². The molecule has 0 aromatic carbocycles. The molecule has 0 radical (unpaired) electrons. The van der Waals surface area contributed by atoms with E-state index in [1.54, 1.807) is 6.08 Å². The van der Waals surface area contributed by atoms with Gasteiger partial charge in [-0.3, -0.25) is 0 Å². The molecule has 0 saturated heterocycles. The Balaban J connectivity index is -0.000000138. The molecule has 0 N–H and O–H groups in total. The van der Waals surface area contributed by atoms with Crippen LogP contribution in [0.5, 0.6) is 0 Å². The Hall–Kier alpha value is -0.240. The first-order valence-corrected chi connectivity index (χ1v) is 5.19. The molecule has 0 aliphatic rings. The molecule has 0 atom stereocenters. The predicted molar refractivity (Wildman–Crippen MR) is 59.5 cm³/mol. The van der Waals surface area contributed by atoms with Crippen LogP contribution in [0.25, 0.3) is 0 Å². The highest BCUT2D eigenvalue weighted by atomic mass is 32.2. The van der Waals surface area contributed by atoms with Crippen molar-refractivity contribution >= 4 is 17.7 Å². The van der Waals surface area contributed by atoms with Gasteiger partial charge < -0.3 is 0 Å². The summed E-state index contributed by atoms with van der Waals surface area (Å²) in [6.07, 6.45) is 3.66. The first-order chi connectivity index (χ1) is 5.31. The summed E-state index contributed by atoms with van der Waals surface area (Å²) in [7, 11) is 0. The lowest BCUT2D eigenvalue weighted by Crippen LogP contribution is -1.76. The Morgan fingerprint density at radius 1 is 1.27 bits per heavy atom. The van der Waals surface area contributed by atoms with Gasteiger partial charge in [-0.1, -0.05) is 34.3 Å². The summed E-state index contributed by atoms with van der Waals surface area (Å²) in [5.74, 6) is 0. The van der Waals surface area contributed by atoms with E-state index in [4.69, 9.17) is 0 Å². The highest BCUT2D eigenvalue weighted by molar-refractivity contribution is 7.97. The lowest BCUT2D eigenvalue weighted by molar-refractivity contribution is 1.50. The average molecular weight is 175 g/mol. The van der Waals surface area contributed by atoms with E-state index >= 15 is 0 Å². The lowest BCUT2D eigenvalue weighted by atomic mass is 10.4. The molecule has 0 bridgehead atoms. The zero-order chi connectivity index (χ0) is 9.70. The number of allylic oxidation sites excluding steroid dienone is 1. The molecule has 0 aliphatic heterocycles. The molecular formula is C9H21NS. The fourth-order valence-electron chi connectivity index (χ4n) is 0.181. The second-order valence-electron chi connectivity index (χ2n) is 1.12. The van der Waals surface area contributed by atoms with Gasteiger partial charge in [0.05, 0.1) is 0 Å². The summed E-state index contributed by atoms with van der Waals surface area (Å²) >= 11 is 1.45. The first kappa shape index (κ1) is 17.0. The SMILES string of the molecule is C=C/C(C)=N\SC.CC.CC. The van der Waals surface area contributed by atoms with Gasteiger partial charge in [0.15, 0.2) is 0 Å². The van der Waals surface area contributed by atoms with Gasteiger partial charge in [-0.25, -0.2) is 4.40 Å². The summed E-state index contributed by atoms with van der Waals surface area (Å²) in [5.41, 5.74) is 0.979. The van der Waals surface area contributed by atoms with Gasteiger partial charge >= 0.3 is 0 Å². The molecule has 0 unspecified atom stereocenters. The Labute approximate surface area is 76.1 Å². The zero-order valence-electron chi connectivity index (χ0n) is 8.64. The van der Waals surface area contributed by atoms with E-state index in [1.807, 2.05) is 40.9 Å². The molecule has 0 fully saturated rings. The predicted octanol–water partition coefficient (Wildman–Crippen LogP) is 3.96. The molecule has 0 saturated carbocycles. The van der Waals surface area contributed by atoms with Gasteiger partial charge in [0, 0.05) is 12.0 Å². The van der Waals surface area contributed by atoms with Gasteiger partial charge in [-0.05, 0) is 24.9 Å². The smallest absolute Gasteiger partial charge is 0.0449 e. The maximum atomic E-state index is 3.96. The van der Waals surface area contributed by atoms with Crippen molar-refractivity contribution in [1.29, 1.82) is 0 Å². The summed E-state index contributed by atoms with van der Waals surface area (Å²) in [5, 5.41) is 0. The molecule has 68 valence electrons. The van der Waals surface area contributed by atoms with Crippen LogP contribution >= 0.6 is 11.9 Å². The molecule has 1 nitrogen and oxygen atoms in total. The molecule has 11 heavy (non-hydrogen) atoms. The van der Waals surface area contributed by atoms with Crippen LogP contribution in [0.3, 0.4) is 0 Å². The Morgan fingerprint density at radius 3 is 1.73 bits per heavy atom. The van der Waals surface area contributed by atoms with E-state index in [2.05, 4.69) is 11.0 Å². The Morgan fingerprint density at radius 2 is 1.64 bits per heavy atom. The summed E-state index contributed by atoms with van der Waals surface area (Å²) < 4.78 is 3.96. The van der Waals surface area contributed by atoms with Crippen molar-refractivity contribution in [3.63, 3.8) is 0 Å². The zero-order valence-corrected chi connectivity index (χ0v) is 9.46. The molecule has 0 rings (SSSR count). The summed E-state index contributed by atoms with van der Waals surface area (Å²) in [6, 6.07) is 0. The average Bonchev–Trinajstić information content (AvgIpc) is 2.12. The molecule has 0 aromatic rings. The van der Waals surface area contributed by atoms with Gasteiger partial charge in [-0.15, -0.1) is 0 Å². The maximum Gasteiger partial charge on any atom is 0.0449 e. The van der Waals surface area contributed by atoms with Crippen LogP contribution in [0.1, 0.15) is 34.6 Å². The van der Waals surface area contributed by atoms with Crippen molar-refractivity contribution in [3.8, 4) is 0 Å². The van der Waals surface area contributed by atoms with Crippen LogP contribution in [-0.2, 0) is 0 Å². The lowest BCUT2D eigenvalue weighted by Gasteiger charge is -1.82. The van der Waals surface area contributed by atoms with Crippen molar-refractivity contribution in [3.05, 3.63) is 12.7 Å². The van der Waals surface area contributed by atoms with Crippen molar-refractivity contribution in [2.45, 2.75) is 34.6 Å². The third kappa shape index (κ3) is 25.9. The normalized spacial score (nSPS) is 8.36. The number of hydrogen-bond donors (Lipinski definition) is 0. The highest BCUT2D eigenvalue weighted by Gasteiger charge is 1.73. The molecular weight excluding hydrogens is 154 g/mol. The van der Waals surface area contributed by atoms with Gasteiger partial charge in [0.2, 0.25) is 0 Å². The van der Waals surface area contributed by atoms with Gasteiger partial charge in [0.25, 0.3) is 0 Å². The minimum absolute atomic E-state index is 0.979. The van der Waals surface area contributed by atoms with Crippen LogP contribution < -0.4 is 0 Å². The molecule has 0 spiro atoms. The minimum Gasteiger partial charge on any atom is -0.222 e. The first-order valence-electron chi connectivity index (χ1n) is 4.01. The van der Waals surface area contributed by atoms with Gasteiger partial charge in [0.1, 0.15) is 0 Å².